The number of hydrogen-bond donors (Lipinski definition) is 1. The Morgan fingerprint density at radius 3 is 3.11 bits per heavy atom. The van der Waals surface area contributed by atoms with Gasteiger partial charge in [-0.3, -0.25) is 4.68 Å². The Bertz CT molecular complexity index is 189. The molecule has 0 spiro atoms. The van der Waals surface area contributed by atoms with Crippen LogP contribution < -0.4 is 4.65 Å². The summed E-state index contributed by atoms with van der Waals surface area (Å²) in [6.07, 6.45) is 1.53. The van der Waals surface area contributed by atoms with Crippen molar-refractivity contribution in [3.05, 3.63) is 6.20 Å². The van der Waals surface area contributed by atoms with Crippen LogP contribution >= 0.6 is 0 Å². The summed E-state index contributed by atoms with van der Waals surface area (Å²) in [5.41, 5.74) is 0. The van der Waals surface area contributed by atoms with Crippen molar-refractivity contribution in [1.82, 2.24) is 15.0 Å². The molecule has 0 bridgehead atoms. The van der Waals surface area contributed by atoms with E-state index in [-0.39, 0.29) is 5.88 Å². The molecule has 0 amide bonds. The van der Waals surface area contributed by atoms with Gasteiger partial charge in [0.2, 0.25) is 5.88 Å². The summed E-state index contributed by atoms with van der Waals surface area (Å²) < 4.78 is 5.93. The first kappa shape index (κ1) is 6.09. The molecule has 1 aromatic rings. The van der Waals surface area contributed by atoms with Gasteiger partial charge in [0.15, 0.2) is 0 Å². The minimum atomic E-state index is 0.278. The van der Waals surface area contributed by atoms with Crippen molar-refractivity contribution in [3.63, 3.8) is 0 Å². The summed E-state index contributed by atoms with van der Waals surface area (Å²) in [6.45, 7) is 0. The normalized spacial score (nSPS) is 9.11. The van der Waals surface area contributed by atoms with Crippen molar-refractivity contribution in [3.8, 4) is 5.88 Å². The lowest BCUT2D eigenvalue weighted by Crippen LogP contribution is -1.99. The minimum Gasteiger partial charge on any atom is -0.521 e. The molecule has 9 heavy (non-hydrogen) atoms. The smallest absolute Gasteiger partial charge is 0.521 e. The molecule has 0 aromatic carbocycles. The molecule has 0 atom stereocenters. The highest BCUT2D eigenvalue weighted by Gasteiger charge is 1.96. The molecule has 1 aromatic heterocycles. The summed E-state index contributed by atoms with van der Waals surface area (Å²) in [7, 11) is 2.27. The predicted molar refractivity (Wildman–Crippen MR) is 29.6 cm³/mol. The van der Waals surface area contributed by atoms with Crippen LogP contribution in [0.5, 0.6) is 5.88 Å². The topological polar surface area (TPSA) is 60.2 Å². The number of aromatic nitrogens is 3. The van der Waals surface area contributed by atoms with Crippen molar-refractivity contribution in [2.24, 2.45) is 7.05 Å². The highest BCUT2D eigenvalue weighted by atomic mass is 16.5. The third-order valence-electron chi connectivity index (χ3n) is 0.755. The van der Waals surface area contributed by atoms with E-state index in [1.165, 1.54) is 10.9 Å². The summed E-state index contributed by atoms with van der Waals surface area (Å²) in [4.78, 5) is 0. The van der Waals surface area contributed by atoms with Gasteiger partial charge in [-0.2, -0.15) is 0 Å². The largest absolute Gasteiger partial charge is 0.570 e. The standard InChI is InChI=1S/C3H5BN3O2/c1-7-2-3(5-6-7)9-4-8/h2,8H,1H3. The van der Waals surface area contributed by atoms with E-state index in [1.807, 2.05) is 0 Å². The van der Waals surface area contributed by atoms with E-state index in [0.717, 1.165) is 0 Å². The Kier molecular flexibility index (Phi) is 1.69. The van der Waals surface area contributed by atoms with Gasteiger partial charge in [-0.05, 0) is 0 Å². The van der Waals surface area contributed by atoms with E-state index in [1.54, 1.807) is 7.05 Å². The molecule has 1 radical (unpaired) electrons. The van der Waals surface area contributed by atoms with Gasteiger partial charge in [-0.25, -0.2) is 0 Å². The lowest BCUT2D eigenvalue weighted by molar-refractivity contribution is 0.442. The van der Waals surface area contributed by atoms with Crippen LogP contribution in [0, 0.1) is 0 Å². The molecule has 1 N–H and O–H groups in total. The lowest BCUT2D eigenvalue weighted by atomic mass is 10.4. The molecule has 0 saturated heterocycles. The van der Waals surface area contributed by atoms with E-state index >= 15 is 0 Å². The fourth-order valence-corrected chi connectivity index (χ4v) is 0.434. The average Bonchev–Trinajstić information content (AvgIpc) is 2.17. The van der Waals surface area contributed by atoms with Crippen molar-refractivity contribution in [2.75, 3.05) is 0 Å². The Labute approximate surface area is 52.6 Å². The maximum absolute atomic E-state index is 8.10. The van der Waals surface area contributed by atoms with Gasteiger partial charge in [0.1, 0.15) is 0 Å². The number of nitrogens with zero attached hydrogens (tertiary/aromatic N) is 3. The molecule has 1 heterocycles. The molecule has 0 saturated carbocycles. The van der Waals surface area contributed by atoms with Crippen molar-refractivity contribution in [1.29, 1.82) is 0 Å². The third-order valence-corrected chi connectivity index (χ3v) is 0.755. The fourth-order valence-electron chi connectivity index (χ4n) is 0.434. The minimum absolute atomic E-state index is 0.278. The van der Waals surface area contributed by atoms with Gasteiger partial charge in [-0.1, -0.05) is 10.3 Å². The average molecular weight is 126 g/mol. The predicted octanol–water partition coefficient (Wildman–Crippen LogP) is -1.28. The third kappa shape index (κ3) is 1.43. The van der Waals surface area contributed by atoms with Crippen molar-refractivity contribution < 1.29 is 9.68 Å². The van der Waals surface area contributed by atoms with Gasteiger partial charge in [0, 0.05) is 7.05 Å². The monoisotopic (exact) mass is 126 g/mol. The van der Waals surface area contributed by atoms with Gasteiger partial charge in [0.25, 0.3) is 0 Å². The van der Waals surface area contributed by atoms with Crippen molar-refractivity contribution in [2.45, 2.75) is 0 Å². The van der Waals surface area contributed by atoms with Crippen LogP contribution in [0.1, 0.15) is 0 Å². The van der Waals surface area contributed by atoms with Crippen LogP contribution in [-0.2, 0) is 7.05 Å². The van der Waals surface area contributed by atoms with Crippen LogP contribution in [0.2, 0.25) is 0 Å². The lowest BCUT2D eigenvalue weighted by Gasteiger charge is -1.88. The van der Waals surface area contributed by atoms with Crippen LogP contribution in [0.3, 0.4) is 0 Å². The first-order chi connectivity index (χ1) is 4.33. The number of rotatable bonds is 2. The van der Waals surface area contributed by atoms with E-state index in [4.69, 9.17) is 5.02 Å². The summed E-state index contributed by atoms with van der Waals surface area (Å²) in [5, 5.41) is 15.2. The summed E-state index contributed by atoms with van der Waals surface area (Å²) >= 11 is 0. The summed E-state index contributed by atoms with van der Waals surface area (Å²) in [6, 6.07) is 0. The van der Waals surface area contributed by atoms with Crippen LogP contribution in [0.4, 0.5) is 0 Å². The second kappa shape index (κ2) is 2.50. The molecule has 0 aliphatic heterocycles. The van der Waals surface area contributed by atoms with Crippen LogP contribution in [0.15, 0.2) is 6.20 Å². The zero-order valence-electron chi connectivity index (χ0n) is 4.85. The fraction of sp³-hybridized carbons (Fsp3) is 0.333. The Hall–Kier alpha value is -1.04. The van der Waals surface area contributed by atoms with Gasteiger partial charge >= 0.3 is 7.69 Å². The van der Waals surface area contributed by atoms with E-state index in [0.29, 0.717) is 7.69 Å². The van der Waals surface area contributed by atoms with Crippen molar-refractivity contribution >= 4 is 7.69 Å². The Morgan fingerprint density at radius 2 is 2.67 bits per heavy atom. The highest BCUT2D eigenvalue weighted by Crippen LogP contribution is 1.98. The molecular formula is C3H5BN3O2. The molecule has 5 nitrogen and oxygen atoms in total. The second-order valence-corrected chi connectivity index (χ2v) is 1.45. The Balaban J connectivity index is 2.61. The van der Waals surface area contributed by atoms with E-state index < -0.39 is 0 Å². The zero-order chi connectivity index (χ0) is 6.69. The quantitative estimate of drug-likeness (QED) is 0.501. The van der Waals surface area contributed by atoms with Crippen LogP contribution in [-0.4, -0.2) is 27.7 Å². The van der Waals surface area contributed by atoms with Crippen LogP contribution in [0.25, 0.3) is 0 Å². The molecule has 0 fully saturated rings. The SMILES string of the molecule is Cn1cc(O[B]O)nn1. The molecule has 0 aliphatic rings. The first-order valence-electron chi connectivity index (χ1n) is 2.32. The molecular weight excluding hydrogens is 121 g/mol. The Morgan fingerprint density at radius 1 is 1.89 bits per heavy atom. The van der Waals surface area contributed by atoms with Gasteiger partial charge in [-0.15, -0.1) is 0 Å². The van der Waals surface area contributed by atoms with Gasteiger partial charge < -0.3 is 9.68 Å². The van der Waals surface area contributed by atoms with E-state index in [2.05, 4.69) is 15.0 Å². The van der Waals surface area contributed by atoms with Gasteiger partial charge in [0.05, 0.1) is 6.20 Å². The maximum Gasteiger partial charge on any atom is 0.570 e. The molecule has 6 heteroatoms. The highest BCUT2D eigenvalue weighted by molar-refractivity contribution is 6.17. The second-order valence-electron chi connectivity index (χ2n) is 1.45. The summed E-state index contributed by atoms with van der Waals surface area (Å²) in [5.74, 6) is 0.278. The maximum atomic E-state index is 8.10. The number of hydrogen-bond acceptors (Lipinski definition) is 4. The first-order valence-corrected chi connectivity index (χ1v) is 2.32. The molecule has 1 rings (SSSR count). The number of aryl methyl sites for hydroxylation is 1. The molecule has 0 unspecified atom stereocenters. The molecule has 0 aliphatic carbocycles. The van der Waals surface area contributed by atoms with E-state index in [9.17, 15) is 0 Å². The zero-order valence-corrected chi connectivity index (χ0v) is 4.85. The molecule has 47 valence electrons.